The van der Waals surface area contributed by atoms with Crippen LogP contribution in [-0.4, -0.2) is 70.6 Å². The van der Waals surface area contributed by atoms with Gasteiger partial charge in [0.1, 0.15) is 0 Å². The molecule has 2 fully saturated rings. The van der Waals surface area contributed by atoms with E-state index in [-0.39, 0.29) is 29.8 Å². The predicted octanol–water partition coefficient (Wildman–Crippen LogP) is 3.32. The first-order chi connectivity index (χ1) is 16.8. The molecule has 7 nitrogen and oxygen atoms in total. The number of aliphatic hydroxyl groups is 1. The zero-order valence-electron chi connectivity index (χ0n) is 20.6. The van der Waals surface area contributed by atoms with Crippen molar-refractivity contribution >= 4 is 10.0 Å². The average Bonchev–Trinajstić information content (AvgIpc) is 3.27. The van der Waals surface area contributed by atoms with E-state index in [2.05, 4.69) is 66.2 Å². The van der Waals surface area contributed by atoms with Crippen molar-refractivity contribution in [3.05, 3.63) is 71.5 Å². The van der Waals surface area contributed by atoms with Gasteiger partial charge in [0.05, 0.1) is 6.61 Å². The Hall–Kier alpha value is -2.52. The molecule has 1 N–H and O–H groups in total. The van der Waals surface area contributed by atoms with Gasteiger partial charge in [0.25, 0.3) is 10.0 Å². The van der Waals surface area contributed by atoms with Crippen LogP contribution in [0.25, 0.3) is 11.1 Å². The molecule has 0 spiro atoms. The summed E-state index contributed by atoms with van der Waals surface area (Å²) in [6, 6.07) is 15.0. The van der Waals surface area contributed by atoms with Crippen molar-refractivity contribution in [2.75, 3.05) is 26.2 Å². The first-order valence-corrected chi connectivity index (χ1v) is 13.8. The molecule has 1 unspecified atom stereocenters. The molecule has 35 heavy (non-hydrogen) atoms. The second-order valence-electron chi connectivity index (χ2n) is 9.84. The van der Waals surface area contributed by atoms with E-state index in [0.717, 1.165) is 24.9 Å². The van der Waals surface area contributed by atoms with Crippen molar-refractivity contribution in [3.63, 3.8) is 0 Å². The molecule has 2 aliphatic rings. The maximum absolute atomic E-state index is 13.4. The lowest BCUT2D eigenvalue weighted by atomic mass is 9.74. The van der Waals surface area contributed by atoms with Crippen LogP contribution in [0, 0.1) is 13.8 Å². The lowest BCUT2D eigenvalue weighted by Gasteiger charge is -2.57. The van der Waals surface area contributed by atoms with Crippen molar-refractivity contribution in [3.8, 4) is 11.1 Å². The van der Waals surface area contributed by atoms with Crippen LogP contribution in [0.3, 0.4) is 0 Å². The highest BCUT2D eigenvalue weighted by molar-refractivity contribution is 7.89. The Morgan fingerprint density at radius 3 is 2.49 bits per heavy atom. The second-order valence-corrected chi connectivity index (χ2v) is 11.7. The van der Waals surface area contributed by atoms with Gasteiger partial charge < -0.3 is 9.67 Å². The molecule has 3 heterocycles. The molecule has 2 aromatic carbocycles. The Morgan fingerprint density at radius 1 is 1.06 bits per heavy atom. The maximum Gasteiger partial charge on any atom is 0.277 e. The van der Waals surface area contributed by atoms with Gasteiger partial charge in [-0.3, -0.25) is 4.90 Å². The van der Waals surface area contributed by atoms with E-state index in [1.165, 1.54) is 28.5 Å². The van der Waals surface area contributed by atoms with Crippen molar-refractivity contribution in [1.82, 2.24) is 18.8 Å². The van der Waals surface area contributed by atoms with Gasteiger partial charge in [-0.25, -0.2) is 13.4 Å². The molecule has 186 valence electrons. The van der Waals surface area contributed by atoms with Crippen molar-refractivity contribution in [2.45, 2.75) is 49.8 Å². The molecule has 8 heteroatoms. The fourth-order valence-corrected chi connectivity index (χ4v) is 7.36. The molecule has 3 atom stereocenters. The molecular formula is C27H34N4O3S. The Kier molecular flexibility index (Phi) is 6.57. The van der Waals surface area contributed by atoms with Crippen LogP contribution in [0.15, 0.2) is 60.0 Å². The van der Waals surface area contributed by atoms with E-state index in [0.29, 0.717) is 13.1 Å². The molecule has 0 aliphatic carbocycles. The first kappa shape index (κ1) is 24.2. The van der Waals surface area contributed by atoms with Crippen LogP contribution in [0.1, 0.15) is 35.4 Å². The molecule has 2 saturated heterocycles. The van der Waals surface area contributed by atoms with Crippen molar-refractivity contribution in [1.29, 1.82) is 0 Å². The molecule has 0 radical (unpaired) electrons. The van der Waals surface area contributed by atoms with Gasteiger partial charge in [0.15, 0.2) is 0 Å². The monoisotopic (exact) mass is 494 g/mol. The number of rotatable bonds is 5. The standard InChI is InChI=1S/C27H34N4O3S/c1-19-7-6-8-23(20(19)2)21-9-11-22(12-10-21)26-24-17-30(14-4-5-15-31(24)25(26)18-32)35(33,34)27-28-13-16-29(27)3/h6-13,16,24-26,32H,4-5,14-15,17-18H2,1-3H3/t24?,25-,26+/m1/s1. The summed E-state index contributed by atoms with van der Waals surface area (Å²) in [5, 5.41) is 10.3. The number of imidazole rings is 1. The number of nitrogens with zero attached hydrogens (tertiary/aromatic N) is 4. The van der Waals surface area contributed by atoms with E-state index in [1.54, 1.807) is 22.1 Å². The minimum absolute atomic E-state index is 0.00220. The van der Waals surface area contributed by atoms with Crippen LogP contribution >= 0.6 is 0 Å². The summed E-state index contributed by atoms with van der Waals surface area (Å²) in [6.45, 7) is 6.10. The van der Waals surface area contributed by atoms with E-state index in [1.807, 2.05) is 0 Å². The van der Waals surface area contributed by atoms with Gasteiger partial charge in [-0.1, -0.05) is 42.5 Å². The second kappa shape index (κ2) is 9.50. The van der Waals surface area contributed by atoms with E-state index in [4.69, 9.17) is 0 Å². The van der Waals surface area contributed by atoms with Crippen LogP contribution in [-0.2, 0) is 17.1 Å². The van der Waals surface area contributed by atoms with Crippen LogP contribution in [0.4, 0.5) is 0 Å². The summed E-state index contributed by atoms with van der Waals surface area (Å²) in [6.07, 6.45) is 4.88. The summed E-state index contributed by atoms with van der Waals surface area (Å²) in [5.41, 5.74) is 6.09. The molecule has 5 rings (SSSR count). The largest absolute Gasteiger partial charge is 0.395 e. The van der Waals surface area contributed by atoms with Crippen LogP contribution < -0.4 is 0 Å². The minimum atomic E-state index is -3.70. The van der Waals surface area contributed by atoms with Crippen molar-refractivity contribution < 1.29 is 13.5 Å². The van der Waals surface area contributed by atoms with Gasteiger partial charge in [-0.2, -0.15) is 4.31 Å². The van der Waals surface area contributed by atoms with E-state index >= 15 is 0 Å². The number of aromatic nitrogens is 2. The third-order valence-corrected chi connectivity index (χ3v) is 9.76. The maximum atomic E-state index is 13.4. The molecule has 1 aromatic heterocycles. The van der Waals surface area contributed by atoms with E-state index in [9.17, 15) is 13.5 Å². The van der Waals surface area contributed by atoms with Gasteiger partial charge in [-0.15, -0.1) is 0 Å². The quantitative estimate of drug-likeness (QED) is 0.589. The Morgan fingerprint density at radius 2 is 1.80 bits per heavy atom. The van der Waals surface area contributed by atoms with Gasteiger partial charge in [-0.05, 0) is 61.1 Å². The topological polar surface area (TPSA) is 78.7 Å². The van der Waals surface area contributed by atoms with Gasteiger partial charge in [0, 0.05) is 50.5 Å². The highest BCUT2D eigenvalue weighted by Crippen LogP contribution is 2.43. The zero-order valence-corrected chi connectivity index (χ0v) is 21.4. The minimum Gasteiger partial charge on any atom is -0.395 e. The molecular weight excluding hydrogens is 460 g/mol. The Bertz CT molecular complexity index is 1300. The van der Waals surface area contributed by atoms with E-state index < -0.39 is 10.0 Å². The number of hydrogen-bond acceptors (Lipinski definition) is 5. The van der Waals surface area contributed by atoms with Crippen LogP contribution in [0.5, 0.6) is 0 Å². The zero-order chi connectivity index (χ0) is 24.7. The number of benzene rings is 2. The highest BCUT2D eigenvalue weighted by Gasteiger charge is 2.50. The third-order valence-electron chi connectivity index (χ3n) is 7.89. The SMILES string of the molecule is Cc1cccc(-c2ccc([C@H]3C4CN(S(=O)(=O)c5nccn5C)CCCCN4[C@@H]3CO)cc2)c1C. The summed E-state index contributed by atoms with van der Waals surface area (Å²) < 4.78 is 30.0. The molecule has 0 saturated carbocycles. The predicted molar refractivity (Wildman–Crippen MR) is 137 cm³/mol. The normalized spacial score (nSPS) is 23.8. The fourth-order valence-electron chi connectivity index (χ4n) is 5.79. The Balaban J connectivity index is 1.44. The lowest BCUT2D eigenvalue weighted by Crippen LogP contribution is -2.67. The lowest BCUT2D eigenvalue weighted by molar-refractivity contribution is -0.0554. The third kappa shape index (κ3) is 4.22. The van der Waals surface area contributed by atoms with Gasteiger partial charge in [0.2, 0.25) is 5.16 Å². The summed E-state index contributed by atoms with van der Waals surface area (Å²) in [5.74, 6) is 0.0739. The number of aryl methyl sites for hydroxylation is 2. The summed E-state index contributed by atoms with van der Waals surface area (Å²) in [4.78, 5) is 6.41. The molecule has 0 amide bonds. The Labute approximate surface area is 208 Å². The van der Waals surface area contributed by atoms with Crippen molar-refractivity contribution in [2.24, 2.45) is 7.05 Å². The highest BCUT2D eigenvalue weighted by atomic mass is 32.2. The number of sulfonamides is 1. The summed E-state index contributed by atoms with van der Waals surface area (Å²) in [7, 11) is -1.99. The fraction of sp³-hybridized carbons (Fsp3) is 0.444. The molecule has 3 aromatic rings. The first-order valence-electron chi connectivity index (χ1n) is 12.3. The molecule has 2 aliphatic heterocycles. The summed E-state index contributed by atoms with van der Waals surface area (Å²) >= 11 is 0. The number of hydrogen-bond donors (Lipinski definition) is 1. The molecule has 0 bridgehead atoms. The number of aliphatic hydroxyl groups excluding tert-OH is 1. The smallest absolute Gasteiger partial charge is 0.277 e. The van der Waals surface area contributed by atoms with Gasteiger partial charge >= 0.3 is 0 Å². The van der Waals surface area contributed by atoms with Crippen LogP contribution in [0.2, 0.25) is 0 Å². The number of fused-ring (bicyclic) bond motifs is 1. The average molecular weight is 495 g/mol.